The number of esters is 1. The lowest BCUT2D eigenvalue weighted by Gasteiger charge is -2.19. The summed E-state index contributed by atoms with van der Waals surface area (Å²) in [6.07, 6.45) is 44.0. The third-order valence-corrected chi connectivity index (χ3v) is 9.93. The molecule has 0 bridgehead atoms. The van der Waals surface area contributed by atoms with E-state index in [0.29, 0.717) is 12.8 Å². The maximum Gasteiger partial charge on any atom is 0.472 e. The van der Waals surface area contributed by atoms with E-state index in [0.717, 1.165) is 32.1 Å². The standard InChI is InChI=1S/C43H80NO8P/c1-3-5-7-9-11-13-15-17-18-19-21-23-25-27-29-31-37-49-42(40-52-53(47,48)51-38-36-44)39-50-43(46)35-32-34-41(45)33-30-28-26-24-22-20-16-14-12-10-8-6-4-2/h20,22,26,28,30-31,33,37,41-42,45H,3-19,21,23-25,27,29,32,34-36,38-40,44H2,1-2H3,(H,47,48)/b22-20+,28-26+,33-30+,37-31+/t41?,42-/m1/s1. The first-order chi connectivity index (χ1) is 25.8. The lowest BCUT2D eigenvalue weighted by molar-refractivity contribution is -0.147. The van der Waals surface area contributed by atoms with Gasteiger partial charge in [-0.25, -0.2) is 4.57 Å². The average Bonchev–Trinajstić information content (AvgIpc) is 3.14. The van der Waals surface area contributed by atoms with Crippen LogP contribution in [0.25, 0.3) is 0 Å². The van der Waals surface area contributed by atoms with Crippen LogP contribution in [0.4, 0.5) is 0 Å². The van der Waals surface area contributed by atoms with Gasteiger partial charge in [-0.1, -0.05) is 166 Å². The van der Waals surface area contributed by atoms with E-state index >= 15 is 0 Å². The van der Waals surface area contributed by atoms with Gasteiger partial charge in [-0.2, -0.15) is 0 Å². The molecule has 0 aromatic heterocycles. The first kappa shape index (κ1) is 51.3. The molecule has 10 heteroatoms. The number of aliphatic hydroxyl groups is 1. The van der Waals surface area contributed by atoms with Crippen molar-refractivity contribution in [1.82, 2.24) is 0 Å². The van der Waals surface area contributed by atoms with Crippen molar-refractivity contribution in [3.05, 3.63) is 48.8 Å². The number of aliphatic hydroxyl groups excluding tert-OH is 1. The Bertz CT molecular complexity index is 970. The minimum absolute atomic E-state index is 0.0750. The highest BCUT2D eigenvalue weighted by Crippen LogP contribution is 2.43. The molecule has 310 valence electrons. The molecule has 0 saturated carbocycles. The summed E-state index contributed by atoms with van der Waals surface area (Å²) >= 11 is 0. The predicted octanol–water partition coefficient (Wildman–Crippen LogP) is 11.7. The van der Waals surface area contributed by atoms with Crippen LogP contribution in [-0.4, -0.2) is 54.5 Å². The Morgan fingerprint density at radius 1 is 0.679 bits per heavy atom. The maximum absolute atomic E-state index is 12.4. The molecule has 0 rings (SSSR count). The van der Waals surface area contributed by atoms with Crippen molar-refractivity contribution in [2.45, 2.75) is 193 Å². The first-order valence-corrected chi connectivity index (χ1v) is 22.8. The summed E-state index contributed by atoms with van der Waals surface area (Å²) in [4.78, 5) is 22.3. The van der Waals surface area contributed by atoms with Crippen LogP contribution < -0.4 is 5.73 Å². The van der Waals surface area contributed by atoms with E-state index in [1.807, 2.05) is 18.2 Å². The smallest absolute Gasteiger partial charge is 0.472 e. The largest absolute Gasteiger partial charge is 0.492 e. The molecule has 0 amide bonds. The minimum atomic E-state index is -4.31. The molecule has 0 heterocycles. The van der Waals surface area contributed by atoms with Gasteiger partial charge in [0.25, 0.3) is 0 Å². The van der Waals surface area contributed by atoms with Crippen LogP contribution in [0.2, 0.25) is 0 Å². The Morgan fingerprint density at radius 3 is 1.79 bits per heavy atom. The second kappa shape index (κ2) is 39.9. The van der Waals surface area contributed by atoms with E-state index in [1.165, 1.54) is 122 Å². The molecule has 0 aliphatic rings. The van der Waals surface area contributed by atoms with Gasteiger partial charge in [-0.05, 0) is 51.0 Å². The number of carbonyl (C=O) groups excluding carboxylic acids is 1. The summed E-state index contributed by atoms with van der Waals surface area (Å²) in [6, 6.07) is 0. The molecule has 0 spiro atoms. The van der Waals surface area contributed by atoms with Gasteiger partial charge in [0.1, 0.15) is 6.61 Å². The molecule has 53 heavy (non-hydrogen) atoms. The van der Waals surface area contributed by atoms with Crippen molar-refractivity contribution in [1.29, 1.82) is 0 Å². The molecule has 3 atom stereocenters. The summed E-state index contributed by atoms with van der Waals surface area (Å²) in [5.41, 5.74) is 5.35. The Kier molecular flexibility index (Phi) is 38.6. The van der Waals surface area contributed by atoms with Crippen LogP contribution in [0.3, 0.4) is 0 Å². The van der Waals surface area contributed by atoms with E-state index in [2.05, 4.69) is 32.1 Å². The van der Waals surface area contributed by atoms with Gasteiger partial charge in [-0.3, -0.25) is 13.8 Å². The van der Waals surface area contributed by atoms with E-state index in [1.54, 1.807) is 6.08 Å². The molecule has 0 aliphatic heterocycles. The fourth-order valence-electron chi connectivity index (χ4n) is 5.70. The van der Waals surface area contributed by atoms with Crippen molar-refractivity contribution in [2.24, 2.45) is 5.73 Å². The number of rotatable bonds is 40. The Morgan fingerprint density at radius 2 is 1.23 bits per heavy atom. The van der Waals surface area contributed by atoms with Gasteiger partial charge in [0, 0.05) is 13.0 Å². The lowest BCUT2D eigenvalue weighted by atomic mass is 10.0. The van der Waals surface area contributed by atoms with Crippen LogP contribution >= 0.6 is 7.82 Å². The summed E-state index contributed by atoms with van der Waals surface area (Å²) in [6.45, 7) is 3.99. The molecular formula is C43H80NO8P. The number of nitrogens with two attached hydrogens (primary N) is 1. The minimum Gasteiger partial charge on any atom is -0.492 e. The molecule has 0 radical (unpaired) electrons. The molecule has 2 unspecified atom stereocenters. The number of allylic oxidation sites excluding steroid dienone is 6. The SMILES string of the molecule is CCCCCCCC/C=C/C/C=C/C=C/C(O)CCCC(=O)OC[C@H](COP(=O)(O)OCCN)O/C=C/CCCCCCCCCCCCCCCC. The number of phosphoric ester groups is 1. The van der Waals surface area contributed by atoms with Crippen LogP contribution in [0.1, 0.15) is 181 Å². The molecule has 9 nitrogen and oxygen atoms in total. The van der Waals surface area contributed by atoms with Crippen molar-refractivity contribution in [3.8, 4) is 0 Å². The van der Waals surface area contributed by atoms with Crippen LogP contribution in [-0.2, 0) is 27.9 Å². The third kappa shape index (κ3) is 39.8. The first-order valence-electron chi connectivity index (χ1n) is 21.3. The van der Waals surface area contributed by atoms with Crippen molar-refractivity contribution in [3.63, 3.8) is 0 Å². The van der Waals surface area contributed by atoms with Gasteiger partial charge in [0.05, 0.1) is 25.6 Å². The third-order valence-electron chi connectivity index (χ3n) is 8.94. The molecule has 4 N–H and O–H groups in total. The Balaban J connectivity index is 4.28. The van der Waals surface area contributed by atoms with Crippen LogP contribution in [0.15, 0.2) is 48.8 Å². The highest BCUT2D eigenvalue weighted by atomic mass is 31.2. The quantitative estimate of drug-likeness (QED) is 0.0139. The average molecular weight is 770 g/mol. The second-order valence-electron chi connectivity index (χ2n) is 14.1. The number of hydrogen-bond acceptors (Lipinski definition) is 8. The highest BCUT2D eigenvalue weighted by molar-refractivity contribution is 7.47. The normalized spacial score (nSPS) is 14.5. The fraction of sp³-hybridized carbons (Fsp3) is 0.791. The molecule has 0 aliphatic carbocycles. The predicted molar refractivity (Wildman–Crippen MR) is 221 cm³/mol. The van der Waals surface area contributed by atoms with Crippen LogP contribution in [0.5, 0.6) is 0 Å². The van der Waals surface area contributed by atoms with E-state index < -0.39 is 26.0 Å². The second-order valence-corrected chi connectivity index (χ2v) is 15.6. The van der Waals surface area contributed by atoms with Gasteiger partial charge in [-0.15, -0.1) is 0 Å². The fourth-order valence-corrected chi connectivity index (χ4v) is 6.46. The molecule has 0 fully saturated rings. The monoisotopic (exact) mass is 770 g/mol. The number of ether oxygens (including phenoxy) is 2. The van der Waals surface area contributed by atoms with Crippen molar-refractivity contribution >= 4 is 13.8 Å². The topological polar surface area (TPSA) is 138 Å². The summed E-state index contributed by atoms with van der Waals surface area (Å²) in [5.74, 6) is -0.444. The number of carbonyl (C=O) groups is 1. The molecule has 0 aromatic rings. The number of hydrogen-bond donors (Lipinski definition) is 3. The Labute approximate surface area is 324 Å². The molecule has 0 aromatic carbocycles. The van der Waals surface area contributed by atoms with Crippen molar-refractivity contribution in [2.75, 3.05) is 26.4 Å². The van der Waals surface area contributed by atoms with E-state index in [-0.39, 0.29) is 32.8 Å². The van der Waals surface area contributed by atoms with E-state index in [9.17, 15) is 19.4 Å². The van der Waals surface area contributed by atoms with Gasteiger partial charge < -0.3 is 25.2 Å². The highest BCUT2D eigenvalue weighted by Gasteiger charge is 2.24. The summed E-state index contributed by atoms with van der Waals surface area (Å²) < 4.78 is 33.0. The zero-order valence-electron chi connectivity index (χ0n) is 33.9. The molecular weight excluding hydrogens is 689 g/mol. The zero-order chi connectivity index (χ0) is 38.9. The van der Waals surface area contributed by atoms with Gasteiger partial charge in [0.2, 0.25) is 0 Å². The number of phosphoric acid groups is 1. The zero-order valence-corrected chi connectivity index (χ0v) is 34.7. The Hall–Kier alpha value is -1.74. The summed E-state index contributed by atoms with van der Waals surface area (Å²) in [7, 11) is -4.31. The van der Waals surface area contributed by atoms with Crippen molar-refractivity contribution < 1.29 is 37.9 Å². The molecule has 0 saturated heterocycles. The maximum atomic E-state index is 12.4. The number of unbranched alkanes of at least 4 members (excludes halogenated alkanes) is 20. The van der Waals surface area contributed by atoms with Gasteiger partial charge in [0.15, 0.2) is 6.10 Å². The summed E-state index contributed by atoms with van der Waals surface area (Å²) in [5, 5.41) is 10.2. The van der Waals surface area contributed by atoms with E-state index in [4.69, 9.17) is 24.3 Å². The van der Waals surface area contributed by atoms with Crippen LogP contribution in [0, 0.1) is 0 Å². The van der Waals surface area contributed by atoms with Gasteiger partial charge >= 0.3 is 13.8 Å². The lowest BCUT2D eigenvalue weighted by Crippen LogP contribution is -2.25.